The maximum Gasteiger partial charge on any atom is 0.321 e. The lowest BCUT2D eigenvalue weighted by Gasteiger charge is -2.13. The van der Waals surface area contributed by atoms with Crippen molar-refractivity contribution in [2.75, 3.05) is 19.4 Å². The summed E-state index contributed by atoms with van der Waals surface area (Å²) < 4.78 is 0. The Hall–Kier alpha value is -1.33. The first kappa shape index (κ1) is 12.7. The fraction of sp³-hybridized carbons (Fsp3) is 0.200. The van der Waals surface area contributed by atoms with Crippen molar-refractivity contribution in [1.29, 1.82) is 0 Å². The second-order valence-electron chi connectivity index (χ2n) is 3.38. The van der Waals surface area contributed by atoms with E-state index in [1.807, 2.05) is 0 Å². The van der Waals surface area contributed by atoms with Gasteiger partial charge in [-0.2, -0.15) is 0 Å². The molecule has 0 saturated carbocycles. The number of benzene rings is 1. The molecule has 1 aromatic rings. The average Bonchev–Trinajstić information content (AvgIpc) is 2.20. The third kappa shape index (κ3) is 3.08. The second kappa shape index (κ2) is 5.14. The van der Waals surface area contributed by atoms with Crippen LogP contribution >= 0.6 is 23.8 Å². The molecule has 3 N–H and O–H groups in total. The molecule has 1 aromatic carbocycles. The van der Waals surface area contributed by atoms with Gasteiger partial charge in [0.1, 0.15) is 4.99 Å². The minimum atomic E-state index is -0.245. The third-order valence-electron chi connectivity index (χ3n) is 1.90. The highest BCUT2D eigenvalue weighted by Crippen LogP contribution is 2.23. The first-order valence-electron chi connectivity index (χ1n) is 4.49. The van der Waals surface area contributed by atoms with Gasteiger partial charge in [-0.1, -0.05) is 23.8 Å². The fourth-order valence-corrected chi connectivity index (χ4v) is 1.35. The van der Waals surface area contributed by atoms with Crippen LogP contribution in [-0.4, -0.2) is 30.0 Å². The molecule has 16 heavy (non-hydrogen) atoms. The number of anilines is 1. The molecule has 1 rings (SSSR count). The van der Waals surface area contributed by atoms with Crippen LogP contribution in [0.1, 0.15) is 5.56 Å². The van der Waals surface area contributed by atoms with E-state index in [0.717, 1.165) is 0 Å². The molecule has 86 valence electrons. The van der Waals surface area contributed by atoms with Crippen molar-refractivity contribution in [3.05, 3.63) is 28.8 Å². The SMILES string of the molecule is CN(C)C(=O)Nc1ccc(C(N)=S)cc1Cl. The predicted octanol–water partition coefficient (Wildman–Crippen LogP) is 2.07. The van der Waals surface area contributed by atoms with Crippen LogP contribution in [0.4, 0.5) is 10.5 Å². The van der Waals surface area contributed by atoms with Gasteiger partial charge in [0, 0.05) is 19.7 Å². The van der Waals surface area contributed by atoms with Crippen LogP contribution in [0.25, 0.3) is 0 Å². The molecular formula is C10H12ClN3OS. The van der Waals surface area contributed by atoms with Gasteiger partial charge in [0.2, 0.25) is 0 Å². The van der Waals surface area contributed by atoms with Gasteiger partial charge in [-0.25, -0.2) is 4.79 Å². The largest absolute Gasteiger partial charge is 0.389 e. The summed E-state index contributed by atoms with van der Waals surface area (Å²) in [5.41, 5.74) is 6.66. The lowest BCUT2D eigenvalue weighted by molar-refractivity contribution is 0.230. The zero-order chi connectivity index (χ0) is 12.3. The quantitative estimate of drug-likeness (QED) is 0.798. The minimum Gasteiger partial charge on any atom is -0.389 e. The number of amides is 2. The summed E-state index contributed by atoms with van der Waals surface area (Å²) in [7, 11) is 3.29. The van der Waals surface area contributed by atoms with Crippen LogP contribution in [0.5, 0.6) is 0 Å². The summed E-state index contributed by atoms with van der Waals surface area (Å²) in [6.45, 7) is 0. The topological polar surface area (TPSA) is 58.4 Å². The van der Waals surface area contributed by atoms with Crippen LogP contribution in [0, 0.1) is 0 Å². The van der Waals surface area contributed by atoms with E-state index in [2.05, 4.69) is 5.32 Å². The first-order valence-corrected chi connectivity index (χ1v) is 5.28. The van der Waals surface area contributed by atoms with Crippen molar-refractivity contribution in [3.8, 4) is 0 Å². The molecule has 0 aliphatic heterocycles. The molecule has 0 bridgehead atoms. The molecular weight excluding hydrogens is 246 g/mol. The number of rotatable bonds is 2. The number of thiocarbonyl (C=S) groups is 1. The molecule has 2 amide bonds. The predicted molar refractivity (Wildman–Crippen MR) is 70.0 cm³/mol. The molecule has 0 unspecified atom stereocenters. The van der Waals surface area contributed by atoms with Gasteiger partial charge in [-0.3, -0.25) is 0 Å². The van der Waals surface area contributed by atoms with Gasteiger partial charge < -0.3 is 16.0 Å². The van der Waals surface area contributed by atoms with Crippen LogP contribution in [0.3, 0.4) is 0 Å². The van der Waals surface area contributed by atoms with Crippen molar-refractivity contribution in [2.24, 2.45) is 5.73 Å². The number of nitrogens with zero attached hydrogens (tertiary/aromatic N) is 1. The summed E-state index contributed by atoms with van der Waals surface area (Å²) in [4.78, 5) is 13.1. The summed E-state index contributed by atoms with van der Waals surface area (Å²) in [6, 6.07) is 4.75. The molecule has 6 heteroatoms. The molecule has 0 saturated heterocycles. The average molecular weight is 258 g/mol. The van der Waals surface area contributed by atoms with E-state index in [-0.39, 0.29) is 11.0 Å². The van der Waals surface area contributed by atoms with E-state index >= 15 is 0 Å². The summed E-state index contributed by atoms with van der Waals surface area (Å²) in [5, 5.41) is 3.05. The van der Waals surface area contributed by atoms with E-state index in [4.69, 9.17) is 29.6 Å². The minimum absolute atomic E-state index is 0.245. The molecule has 0 atom stereocenters. The Labute approximate surface area is 104 Å². The van der Waals surface area contributed by atoms with Gasteiger partial charge in [-0.05, 0) is 18.2 Å². The standard InChI is InChI=1S/C10H12ClN3OS/c1-14(2)10(15)13-8-4-3-6(9(12)16)5-7(8)11/h3-5H,1-2H3,(H2,12,16)(H,13,15). The maximum absolute atomic E-state index is 11.4. The molecule has 0 heterocycles. The van der Waals surface area contributed by atoms with E-state index < -0.39 is 0 Å². The molecule has 0 spiro atoms. The maximum atomic E-state index is 11.4. The first-order chi connectivity index (χ1) is 7.41. The Bertz CT molecular complexity index is 434. The van der Waals surface area contributed by atoms with E-state index in [0.29, 0.717) is 16.3 Å². The van der Waals surface area contributed by atoms with E-state index in [1.54, 1.807) is 32.3 Å². The number of nitrogens with two attached hydrogens (primary N) is 1. The highest BCUT2D eigenvalue weighted by atomic mass is 35.5. The van der Waals surface area contributed by atoms with Crippen LogP contribution in [0.15, 0.2) is 18.2 Å². The Balaban J connectivity index is 2.91. The van der Waals surface area contributed by atoms with E-state index in [9.17, 15) is 4.79 Å². The third-order valence-corrected chi connectivity index (χ3v) is 2.45. The van der Waals surface area contributed by atoms with Crippen LogP contribution < -0.4 is 11.1 Å². The van der Waals surface area contributed by atoms with Gasteiger partial charge in [0.25, 0.3) is 0 Å². The summed E-state index contributed by atoms with van der Waals surface area (Å²) in [5.74, 6) is 0. The fourth-order valence-electron chi connectivity index (χ4n) is 0.997. The lowest BCUT2D eigenvalue weighted by atomic mass is 10.2. The number of halogens is 1. The van der Waals surface area contributed by atoms with Crippen LogP contribution in [-0.2, 0) is 0 Å². The lowest BCUT2D eigenvalue weighted by Crippen LogP contribution is -2.27. The number of hydrogen-bond donors (Lipinski definition) is 2. The van der Waals surface area contributed by atoms with Gasteiger partial charge in [0.05, 0.1) is 10.7 Å². The number of hydrogen-bond acceptors (Lipinski definition) is 2. The molecule has 0 aromatic heterocycles. The second-order valence-corrected chi connectivity index (χ2v) is 4.23. The Morgan fingerprint density at radius 1 is 1.50 bits per heavy atom. The number of nitrogens with one attached hydrogen (secondary N) is 1. The van der Waals surface area contributed by atoms with Crippen molar-refractivity contribution >= 4 is 40.5 Å². The zero-order valence-corrected chi connectivity index (χ0v) is 10.5. The Morgan fingerprint density at radius 2 is 2.12 bits per heavy atom. The Kier molecular flexibility index (Phi) is 4.09. The van der Waals surface area contributed by atoms with Gasteiger partial charge >= 0.3 is 6.03 Å². The van der Waals surface area contributed by atoms with E-state index in [1.165, 1.54) is 4.90 Å². The summed E-state index contributed by atoms with van der Waals surface area (Å²) >= 11 is 10.8. The number of carbonyl (C=O) groups is 1. The zero-order valence-electron chi connectivity index (χ0n) is 8.95. The van der Waals surface area contributed by atoms with Crippen molar-refractivity contribution < 1.29 is 4.79 Å². The molecule has 0 aliphatic rings. The van der Waals surface area contributed by atoms with Crippen molar-refractivity contribution in [2.45, 2.75) is 0 Å². The highest BCUT2D eigenvalue weighted by Gasteiger charge is 2.08. The molecule has 0 radical (unpaired) electrons. The highest BCUT2D eigenvalue weighted by molar-refractivity contribution is 7.80. The van der Waals surface area contributed by atoms with Crippen LogP contribution in [0.2, 0.25) is 5.02 Å². The number of carbonyl (C=O) groups excluding carboxylic acids is 1. The number of urea groups is 1. The smallest absolute Gasteiger partial charge is 0.321 e. The molecule has 0 fully saturated rings. The van der Waals surface area contributed by atoms with Crippen molar-refractivity contribution in [3.63, 3.8) is 0 Å². The van der Waals surface area contributed by atoms with Gasteiger partial charge in [-0.15, -0.1) is 0 Å². The van der Waals surface area contributed by atoms with Gasteiger partial charge in [0.15, 0.2) is 0 Å². The molecule has 4 nitrogen and oxygen atoms in total. The normalized spacial score (nSPS) is 9.69. The van der Waals surface area contributed by atoms with Crippen molar-refractivity contribution in [1.82, 2.24) is 4.90 Å². The Morgan fingerprint density at radius 3 is 2.56 bits per heavy atom. The molecule has 0 aliphatic carbocycles. The monoisotopic (exact) mass is 257 g/mol. The summed E-state index contributed by atoms with van der Waals surface area (Å²) in [6.07, 6.45) is 0.